The van der Waals surface area contributed by atoms with E-state index >= 15 is 0 Å². The molecule has 4 aliphatic rings. The Kier molecular flexibility index (Phi) is 7.53. The Hall–Kier alpha value is -7.99. The molecule has 10 heteroatoms. The van der Waals surface area contributed by atoms with E-state index in [0.717, 1.165) is 45.2 Å². The average molecular weight is 720 g/mol. The van der Waals surface area contributed by atoms with E-state index in [1.165, 1.54) is 11.3 Å². The lowest BCUT2D eigenvalue weighted by atomic mass is 9.75. The van der Waals surface area contributed by atoms with Gasteiger partial charge in [0.25, 0.3) is 0 Å². The highest BCUT2D eigenvalue weighted by molar-refractivity contribution is 7.16. The molecule has 9 rings (SSSR count). The van der Waals surface area contributed by atoms with E-state index in [9.17, 15) is 31.6 Å². The van der Waals surface area contributed by atoms with Crippen LogP contribution in [0.4, 0.5) is 0 Å². The number of thiophene rings is 1. The molecule has 3 aromatic carbocycles. The van der Waals surface area contributed by atoms with Crippen molar-refractivity contribution >= 4 is 44.8 Å². The molecule has 2 aromatic heterocycles. The number of aliphatic imine (C=N–C) groups is 1. The summed E-state index contributed by atoms with van der Waals surface area (Å²) in [4.78, 5) is 15.2. The quantitative estimate of drug-likeness (QED) is 0.162. The van der Waals surface area contributed by atoms with Crippen LogP contribution in [0.15, 0.2) is 107 Å². The molecule has 5 aromatic rings. The SMILES string of the molecule is CCC1C(C#N)=NC(c2ccc3c(c2)C(=C(C#N)C#N)c2sc4c(c2-3)-c2ccc(-c3nc(C#N)nc5ccccc35)cc2C4=C(C#N)C#N)=C2C=CC=CC21. The van der Waals surface area contributed by atoms with E-state index in [1.807, 2.05) is 85.0 Å². The van der Waals surface area contributed by atoms with Crippen molar-refractivity contribution in [3.8, 4) is 69.9 Å². The van der Waals surface area contributed by atoms with Crippen LogP contribution in [-0.4, -0.2) is 15.7 Å². The van der Waals surface area contributed by atoms with Gasteiger partial charge in [-0.15, -0.1) is 11.3 Å². The van der Waals surface area contributed by atoms with Crippen LogP contribution in [-0.2, 0) is 0 Å². The number of hydrogen-bond acceptors (Lipinski definition) is 10. The van der Waals surface area contributed by atoms with Crippen LogP contribution in [0.1, 0.15) is 45.6 Å². The van der Waals surface area contributed by atoms with Gasteiger partial charge in [0.2, 0.25) is 5.82 Å². The number of nitrogens with zero attached hydrogens (tertiary/aromatic N) is 9. The Balaban J connectivity index is 1.29. The number of rotatable bonds is 3. The molecule has 0 bridgehead atoms. The van der Waals surface area contributed by atoms with Crippen molar-refractivity contribution in [1.82, 2.24) is 9.97 Å². The van der Waals surface area contributed by atoms with Crippen LogP contribution in [0, 0.1) is 79.8 Å². The molecule has 0 radical (unpaired) electrons. The van der Waals surface area contributed by atoms with Gasteiger partial charge in [0, 0.05) is 60.4 Å². The molecule has 1 aliphatic heterocycles. The van der Waals surface area contributed by atoms with Crippen molar-refractivity contribution in [2.24, 2.45) is 16.8 Å². The summed E-state index contributed by atoms with van der Waals surface area (Å²) in [6.45, 7) is 2.05. The number of aromatic nitrogens is 2. The van der Waals surface area contributed by atoms with Gasteiger partial charge < -0.3 is 0 Å². The molecule has 2 atom stereocenters. The smallest absolute Gasteiger partial charge is 0.233 e. The van der Waals surface area contributed by atoms with Crippen LogP contribution < -0.4 is 0 Å². The first-order chi connectivity index (χ1) is 27.0. The minimum absolute atomic E-state index is 0.00743. The zero-order valence-corrected chi connectivity index (χ0v) is 29.7. The summed E-state index contributed by atoms with van der Waals surface area (Å²) >= 11 is 1.34. The standard InChI is InChI=1S/C45H21N9S/c1-2-27-28-7-3-4-8-31(28)42(53-36(27)21-50)23-11-13-29-33(15-23)38(25(17-46)18-47)44-40(29)41-30-14-12-24(16-34(30)39(45(41)55-44)26(19-48)20-49)43-32-9-5-6-10-35(32)52-37(22-51)54-43/h3-16,27-28H,2H2,1H3. The second kappa shape index (κ2) is 12.6. The molecule has 9 nitrogen and oxygen atoms in total. The molecular weight excluding hydrogens is 699 g/mol. The molecular formula is C45H21N9S. The molecule has 0 saturated carbocycles. The van der Waals surface area contributed by atoms with Gasteiger partial charge >= 0.3 is 0 Å². The molecule has 0 saturated heterocycles. The number of para-hydroxylation sites is 1. The fraction of sp³-hybridized carbons (Fsp3) is 0.0889. The largest absolute Gasteiger partial charge is 0.241 e. The van der Waals surface area contributed by atoms with E-state index in [-0.39, 0.29) is 28.8 Å². The highest BCUT2D eigenvalue weighted by Crippen LogP contribution is 2.62. The highest BCUT2D eigenvalue weighted by atomic mass is 32.1. The van der Waals surface area contributed by atoms with Crippen molar-refractivity contribution < 1.29 is 0 Å². The summed E-state index contributed by atoms with van der Waals surface area (Å²) in [5.41, 5.74) is 10.1. The monoisotopic (exact) mass is 719 g/mol. The summed E-state index contributed by atoms with van der Waals surface area (Å²) in [5.74, 6) is -0.0232. The van der Waals surface area contributed by atoms with Crippen LogP contribution in [0.2, 0.25) is 0 Å². The maximum atomic E-state index is 10.3. The zero-order chi connectivity index (χ0) is 38.0. The molecule has 3 aliphatic carbocycles. The van der Waals surface area contributed by atoms with Gasteiger partial charge in [-0.25, -0.2) is 15.0 Å². The lowest BCUT2D eigenvalue weighted by Gasteiger charge is -2.31. The summed E-state index contributed by atoms with van der Waals surface area (Å²) in [6.07, 6.45) is 8.87. The lowest BCUT2D eigenvalue weighted by Crippen LogP contribution is -2.27. The maximum absolute atomic E-state index is 10.3. The number of allylic oxidation sites excluding steroid dienone is 7. The minimum Gasteiger partial charge on any atom is -0.241 e. The van der Waals surface area contributed by atoms with E-state index < -0.39 is 0 Å². The average Bonchev–Trinajstić information content (AvgIpc) is 3.86. The molecule has 0 spiro atoms. The summed E-state index contributed by atoms with van der Waals surface area (Å²) < 4.78 is 0. The summed E-state index contributed by atoms with van der Waals surface area (Å²) in [7, 11) is 0. The third-order valence-electron chi connectivity index (χ3n) is 10.6. The minimum atomic E-state index is -0.0735. The molecule has 0 N–H and O–H groups in total. The molecule has 2 unspecified atom stereocenters. The second-order valence-corrected chi connectivity index (χ2v) is 14.2. The topological polar surface area (TPSA) is 181 Å². The normalized spacial score (nSPS) is 16.6. The van der Waals surface area contributed by atoms with E-state index in [0.29, 0.717) is 60.2 Å². The third kappa shape index (κ3) is 4.68. The first kappa shape index (κ1) is 32.9. The van der Waals surface area contributed by atoms with Crippen molar-refractivity contribution in [3.05, 3.63) is 134 Å². The van der Waals surface area contributed by atoms with Gasteiger partial charge in [0.1, 0.15) is 53.3 Å². The molecule has 0 amide bonds. The van der Waals surface area contributed by atoms with Crippen molar-refractivity contribution in [2.45, 2.75) is 13.3 Å². The predicted octanol–water partition coefficient (Wildman–Crippen LogP) is 9.35. The lowest BCUT2D eigenvalue weighted by molar-refractivity contribution is 0.551. The first-order valence-corrected chi connectivity index (χ1v) is 18.1. The van der Waals surface area contributed by atoms with E-state index in [1.54, 1.807) is 0 Å². The van der Waals surface area contributed by atoms with Gasteiger partial charge in [0.05, 0.1) is 16.9 Å². The fourth-order valence-electron chi connectivity index (χ4n) is 8.26. The summed E-state index contributed by atoms with van der Waals surface area (Å²) in [6, 6.07) is 31.8. The Bertz CT molecular complexity index is 3070. The highest BCUT2D eigenvalue weighted by Gasteiger charge is 2.40. The molecule has 252 valence electrons. The zero-order valence-electron chi connectivity index (χ0n) is 28.9. The number of nitriles is 6. The predicted molar refractivity (Wildman–Crippen MR) is 208 cm³/mol. The van der Waals surface area contributed by atoms with Crippen molar-refractivity contribution in [2.75, 3.05) is 0 Å². The summed E-state index contributed by atoms with van der Waals surface area (Å²) in [5, 5.41) is 61.6. The number of fused-ring (bicyclic) bond motifs is 9. The molecule has 0 fully saturated rings. The van der Waals surface area contributed by atoms with E-state index in [4.69, 9.17) is 4.99 Å². The third-order valence-corrected chi connectivity index (χ3v) is 11.8. The van der Waals surface area contributed by atoms with Gasteiger partial charge in [-0.2, -0.15) is 31.6 Å². The fourth-order valence-corrected chi connectivity index (χ4v) is 9.72. The van der Waals surface area contributed by atoms with Crippen LogP contribution in [0.3, 0.4) is 0 Å². The van der Waals surface area contributed by atoms with Crippen LogP contribution >= 0.6 is 11.3 Å². The Morgan fingerprint density at radius 1 is 0.709 bits per heavy atom. The Morgan fingerprint density at radius 2 is 1.35 bits per heavy atom. The molecule has 3 heterocycles. The maximum Gasteiger partial charge on any atom is 0.233 e. The Morgan fingerprint density at radius 3 is 1.96 bits per heavy atom. The van der Waals surface area contributed by atoms with Crippen LogP contribution in [0.5, 0.6) is 0 Å². The first-order valence-electron chi connectivity index (χ1n) is 17.3. The number of benzene rings is 3. The Labute approximate surface area is 319 Å². The van der Waals surface area contributed by atoms with Crippen molar-refractivity contribution in [3.63, 3.8) is 0 Å². The van der Waals surface area contributed by atoms with Crippen LogP contribution in [0.25, 0.3) is 61.3 Å². The second-order valence-electron chi connectivity index (χ2n) is 13.2. The van der Waals surface area contributed by atoms with E-state index in [2.05, 4.69) is 53.3 Å². The molecule has 55 heavy (non-hydrogen) atoms. The van der Waals surface area contributed by atoms with Gasteiger partial charge in [-0.05, 0) is 52.4 Å². The van der Waals surface area contributed by atoms with Crippen molar-refractivity contribution in [1.29, 1.82) is 31.6 Å². The van der Waals surface area contributed by atoms with Gasteiger partial charge in [0.15, 0.2) is 0 Å². The van der Waals surface area contributed by atoms with Gasteiger partial charge in [-0.3, -0.25) is 0 Å². The number of hydrogen-bond donors (Lipinski definition) is 0. The van der Waals surface area contributed by atoms with Gasteiger partial charge in [-0.1, -0.05) is 73.7 Å².